The standard InChI is InChI=1S/C30H30FN5O3S/c1-15-11-19(39-18-5-3-2-4-6-18)7-8-20(15)30(34)21-9-10-22(32)26-23(21)24(25(33)28(30)37)27(40-26)29(38)36-17-12-16(31)13-35-14-17/h2-11,16-17,25,35H,12-14,32-34H2,1H3,(H,36,38)/t16-,17-,25?,30?/m1/s1. The molecule has 0 saturated carbocycles. The maximum Gasteiger partial charge on any atom is 0.262 e. The van der Waals surface area contributed by atoms with Gasteiger partial charge in [0.15, 0.2) is 5.78 Å². The Morgan fingerprint density at radius 1 is 1.10 bits per heavy atom. The lowest BCUT2D eigenvalue weighted by Crippen LogP contribution is -2.53. The lowest BCUT2D eigenvalue weighted by Gasteiger charge is -2.37. The minimum atomic E-state index is -1.57. The SMILES string of the molecule is Cc1cc(Oc2ccccc2)ccc1C1(N)C(=O)C(N)c2c(C(=O)N[C@H]3CNC[C@H](F)C3)sc3c(N)ccc1c23. The molecular formula is C30H30FN5O3S. The third-order valence-corrected chi connectivity index (χ3v) is 9.01. The highest BCUT2D eigenvalue weighted by Crippen LogP contribution is 2.50. The number of ketones is 1. The van der Waals surface area contributed by atoms with E-state index in [0.717, 1.165) is 5.56 Å². The number of carbonyl (C=O) groups is 2. The molecule has 1 aromatic heterocycles. The van der Waals surface area contributed by atoms with Crippen LogP contribution in [0.3, 0.4) is 0 Å². The van der Waals surface area contributed by atoms with Crippen LogP contribution in [0.25, 0.3) is 10.1 Å². The fraction of sp³-hybridized carbons (Fsp3) is 0.267. The smallest absolute Gasteiger partial charge is 0.262 e. The van der Waals surface area contributed by atoms with E-state index in [2.05, 4.69) is 10.6 Å². The maximum absolute atomic E-state index is 14.1. The summed E-state index contributed by atoms with van der Waals surface area (Å²) >= 11 is 1.18. The summed E-state index contributed by atoms with van der Waals surface area (Å²) in [4.78, 5) is 27.8. The van der Waals surface area contributed by atoms with Gasteiger partial charge in [0.25, 0.3) is 5.91 Å². The van der Waals surface area contributed by atoms with Gasteiger partial charge in [0.2, 0.25) is 0 Å². The highest BCUT2D eigenvalue weighted by molar-refractivity contribution is 7.21. The zero-order chi connectivity index (χ0) is 28.2. The number of halogens is 1. The zero-order valence-corrected chi connectivity index (χ0v) is 22.7. The third kappa shape index (κ3) is 4.24. The second-order valence-corrected chi connectivity index (χ2v) is 11.5. The number of ether oxygens (including phenoxy) is 1. The molecule has 1 aliphatic carbocycles. The molecule has 206 valence electrons. The Morgan fingerprint density at radius 2 is 1.85 bits per heavy atom. The lowest BCUT2D eigenvalue weighted by atomic mass is 9.69. The summed E-state index contributed by atoms with van der Waals surface area (Å²) < 4.78 is 20.5. The number of rotatable bonds is 5. The molecule has 4 aromatic rings. The number of thiophene rings is 1. The molecule has 8 nitrogen and oxygen atoms in total. The lowest BCUT2D eigenvalue weighted by molar-refractivity contribution is -0.124. The molecule has 0 radical (unpaired) electrons. The number of aryl methyl sites for hydroxylation is 1. The molecule has 2 aliphatic rings. The summed E-state index contributed by atoms with van der Waals surface area (Å²) in [5.74, 6) is 0.456. The van der Waals surface area contributed by atoms with Crippen LogP contribution in [0.5, 0.6) is 11.5 Å². The normalized spacial score (nSPS) is 24.2. The van der Waals surface area contributed by atoms with E-state index in [9.17, 15) is 14.0 Å². The van der Waals surface area contributed by atoms with Crippen molar-refractivity contribution in [1.82, 2.24) is 10.6 Å². The summed E-state index contributed by atoms with van der Waals surface area (Å²) in [7, 11) is 0. The van der Waals surface area contributed by atoms with E-state index in [-0.39, 0.29) is 19.0 Å². The fourth-order valence-electron chi connectivity index (χ4n) is 5.84. The minimum absolute atomic E-state index is 0.215. The van der Waals surface area contributed by atoms with Crippen LogP contribution in [0.15, 0.2) is 60.7 Å². The first-order chi connectivity index (χ1) is 19.2. The average Bonchev–Trinajstić information content (AvgIpc) is 3.34. The molecule has 8 N–H and O–H groups in total. The second kappa shape index (κ2) is 9.97. The van der Waals surface area contributed by atoms with Gasteiger partial charge in [0.05, 0.1) is 15.6 Å². The molecule has 1 amide bonds. The van der Waals surface area contributed by atoms with Crippen LogP contribution in [0.4, 0.5) is 10.1 Å². The van der Waals surface area contributed by atoms with E-state index in [4.69, 9.17) is 21.9 Å². The summed E-state index contributed by atoms with van der Waals surface area (Å²) in [6.45, 7) is 2.59. The number of nitrogens with one attached hydrogen (secondary N) is 2. The molecule has 10 heteroatoms. The van der Waals surface area contributed by atoms with Gasteiger partial charge < -0.3 is 32.6 Å². The number of hydrogen-bond acceptors (Lipinski definition) is 8. The molecule has 1 aliphatic heterocycles. The highest BCUT2D eigenvalue weighted by Gasteiger charge is 2.49. The van der Waals surface area contributed by atoms with Crippen LogP contribution in [0.2, 0.25) is 0 Å². The van der Waals surface area contributed by atoms with Gasteiger partial charge in [-0.25, -0.2) is 4.39 Å². The summed E-state index contributed by atoms with van der Waals surface area (Å²) in [5.41, 5.74) is 21.2. The van der Waals surface area contributed by atoms with Crippen molar-refractivity contribution in [2.24, 2.45) is 11.5 Å². The summed E-state index contributed by atoms with van der Waals surface area (Å²) in [6, 6.07) is 16.7. The molecule has 4 atom stereocenters. The van der Waals surface area contributed by atoms with Gasteiger partial charge in [0, 0.05) is 42.2 Å². The third-order valence-electron chi connectivity index (χ3n) is 7.75. The van der Waals surface area contributed by atoms with Gasteiger partial charge >= 0.3 is 0 Å². The number of amides is 1. The second-order valence-electron chi connectivity index (χ2n) is 10.5. The molecule has 3 aromatic carbocycles. The number of anilines is 1. The van der Waals surface area contributed by atoms with E-state index in [1.807, 2.05) is 43.3 Å². The number of alkyl halides is 1. The van der Waals surface area contributed by atoms with Crippen LogP contribution in [0, 0.1) is 6.92 Å². The van der Waals surface area contributed by atoms with E-state index < -0.39 is 29.4 Å². The van der Waals surface area contributed by atoms with E-state index >= 15 is 0 Å². The molecule has 6 rings (SSSR count). The van der Waals surface area contributed by atoms with Crippen molar-refractivity contribution in [3.63, 3.8) is 0 Å². The molecule has 2 heterocycles. The van der Waals surface area contributed by atoms with Crippen LogP contribution < -0.4 is 32.6 Å². The Bertz CT molecular complexity index is 1640. The quantitative estimate of drug-likeness (QED) is 0.234. The van der Waals surface area contributed by atoms with Crippen molar-refractivity contribution in [3.05, 3.63) is 87.8 Å². The topological polar surface area (TPSA) is 145 Å². The van der Waals surface area contributed by atoms with Crippen molar-refractivity contribution in [2.75, 3.05) is 18.8 Å². The van der Waals surface area contributed by atoms with Crippen LogP contribution in [-0.2, 0) is 10.3 Å². The number of piperidine rings is 1. The van der Waals surface area contributed by atoms with E-state index in [1.54, 1.807) is 24.3 Å². The predicted octanol–water partition coefficient (Wildman–Crippen LogP) is 3.80. The van der Waals surface area contributed by atoms with Crippen LogP contribution >= 0.6 is 11.3 Å². The fourth-order valence-corrected chi connectivity index (χ4v) is 7.05. The summed E-state index contributed by atoms with van der Waals surface area (Å²) in [6.07, 6.45) is -0.830. The molecule has 0 spiro atoms. The van der Waals surface area contributed by atoms with Gasteiger partial charge in [-0.05, 0) is 53.9 Å². The van der Waals surface area contributed by atoms with E-state index in [0.29, 0.717) is 55.4 Å². The Morgan fingerprint density at radius 3 is 2.58 bits per heavy atom. The number of carbonyl (C=O) groups excluding carboxylic acids is 2. The first-order valence-corrected chi connectivity index (χ1v) is 13.9. The number of nitrogen functional groups attached to an aromatic ring is 1. The van der Waals surface area contributed by atoms with Crippen molar-refractivity contribution in [2.45, 2.75) is 37.1 Å². The number of hydrogen-bond donors (Lipinski definition) is 5. The molecule has 40 heavy (non-hydrogen) atoms. The van der Waals surface area contributed by atoms with Crippen molar-refractivity contribution in [1.29, 1.82) is 0 Å². The number of nitrogens with two attached hydrogens (primary N) is 3. The number of Topliss-reactive ketones (excluding diaryl/α,β-unsaturated/α-hetero) is 1. The van der Waals surface area contributed by atoms with Crippen LogP contribution in [-0.4, -0.2) is 37.0 Å². The Hall–Kier alpha value is -3.83. The minimum Gasteiger partial charge on any atom is -0.457 e. The van der Waals surface area contributed by atoms with Crippen molar-refractivity contribution >= 4 is 38.8 Å². The molecule has 1 fully saturated rings. The number of para-hydroxylation sites is 1. The van der Waals surface area contributed by atoms with Gasteiger partial charge in [-0.1, -0.05) is 30.3 Å². The van der Waals surface area contributed by atoms with Crippen molar-refractivity contribution < 1.29 is 18.7 Å². The largest absolute Gasteiger partial charge is 0.457 e. The summed E-state index contributed by atoms with van der Waals surface area (Å²) in [5, 5.41) is 6.51. The monoisotopic (exact) mass is 559 g/mol. The first-order valence-electron chi connectivity index (χ1n) is 13.1. The Labute approximate surface area is 234 Å². The van der Waals surface area contributed by atoms with Gasteiger partial charge in [-0.15, -0.1) is 11.3 Å². The van der Waals surface area contributed by atoms with E-state index in [1.165, 1.54) is 11.3 Å². The molecule has 0 bridgehead atoms. The van der Waals surface area contributed by atoms with Gasteiger partial charge in [-0.2, -0.15) is 0 Å². The predicted molar refractivity (Wildman–Crippen MR) is 154 cm³/mol. The Kier molecular flexibility index (Phi) is 6.58. The van der Waals surface area contributed by atoms with Gasteiger partial charge in [0.1, 0.15) is 23.2 Å². The van der Waals surface area contributed by atoms with Crippen molar-refractivity contribution in [3.8, 4) is 11.5 Å². The average molecular weight is 560 g/mol. The molecule has 2 unspecified atom stereocenters. The Balaban J connectivity index is 1.43. The van der Waals surface area contributed by atoms with Crippen LogP contribution in [0.1, 0.15) is 44.4 Å². The highest BCUT2D eigenvalue weighted by atomic mass is 32.1. The van der Waals surface area contributed by atoms with Gasteiger partial charge in [-0.3, -0.25) is 9.59 Å². The first kappa shape index (κ1) is 26.4. The molecular weight excluding hydrogens is 529 g/mol. The number of benzene rings is 3. The maximum atomic E-state index is 14.1. The zero-order valence-electron chi connectivity index (χ0n) is 21.9. The molecule has 1 saturated heterocycles.